The summed E-state index contributed by atoms with van der Waals surface area (Å²) in [7, 11) is 0. The zero-order valence-corrected chi connectivity index (χ0v) is 20.6. The van der Waals surface area contributed by atoms with Crippen LogP contribution in [0.1, 0.15) is 32.7 Å². The number of rotatable bonds is 4. The molecule has 4 rings (SSSR count). The van der Waals surface area contributed by atoms with Gasteiger partial charge in [0.25, 0.3) is 5.91 Å². The van der Waals surface area contributed by atoms with Gasteiger partial charge in [-0.05, 0) is 92.4 Å². The monoisotopic (exact) mass is 488 g/mol. The molecule has 0 aliphatic heterocycles. The van der Waals surface area contributed by atoms with Crippen molar-refractivity contribution in [3.8, 4) is 0 Å². The van der Waals surface area contributed by atoms with Crippen LogP contribution in [0, 0.1) is 27.7 Å². The molecule has 0 aliphatic rings. The summed E-state index contributed by atoms with van der Waals surface area (Å²) in [5.74, 6) is -2.22. The van der Waals surface area contributed by atoms with Crippen LogP contribution in [0.3, 0.4) is 0 Å². The molecular formula is C27H25ClN4O3. The number of nitrogens with one attached hydrogen (secondary N) is 3. The highest BCUT2D eigenvalue weighted by Gasteiger charge is 2.21. The molecular weight excluding hydrogens is 464 g/mol. The van der Waals surface area contributed by atoms with Crippen molar-refractivity contribution in [3.05, 3.63) is 93.6 Å². The lowest BCUT2D eigenvalue weighted by atomic mass is 10.1. The van der Waals surface area contributed by atoms with Gasteiger partial charge in [0, 0.05) is 21.8 Å². The number of halogens is 1. The van der Waals surface area contributed by atoms with Gasteiger partial charge in [0.15, 0.2) is 0 Å². The Balaban J connectivity index is 1.64. The Bertz CT molecular complexity index is 1490. The molecule has 3 aromatic carbocycles. The maximum Gasteiger partial charge on any atom is 0.328 e. The second-order valence-corrected chi connectivity index (χ2v) is 8.97. The van der Waals surface area contributed by atoms with Crippen molar-refractivity contribution in [2.75, 3.05) is 16.1 Å². The molecule has 0 atom stereocenters. The van der Waals surface area contributed by atoms with E-state index in [2.05, 4.69) is 16.1 Å². The van der Waals surface area contributed by atoms with Crippen LogP contribution in [0.4, 0.5) is 11.4 Å². The number of benzene rings is 3. The van der Waals surface area contributed by atoms with E-state index in [1.165, 1.54) is 4.68 Å². The van der Waals surface area contributed by atoms with Gasteiger partial charge in [0.2, 0.25) is 0 Å². The molecule has 0 radical (unpaired) electrons. The lowest BCUT2D eigenvalue weighted by molar-refractivity contribution is -0.133. The quantitative estimate of drug-likeness (QED) is 0.332. The molecule has 3 amide bonds. The van der Waals surface area contributed by atoms with Gasteiger partial charge in [-0.1, -0.05) is 29.8 Å². The molecule has 3 N–H and O–H groups in total. The van der Waals surface area contributed by atoms with E-state index in [9.17, 15) is 14.4 Å². The van der Waals surface area contributed by atoms with Crippen LogP contribution < -0.4 is 16.1 Å². The van der Waals surface area contributed by atoms with Crippen molar-refractivity contribution in [2.45, 2.75) is 27.7 Å². The molecule has 35 heavy (non-hydrogen) atoms. The Hall–Kier alpha value is -4.10. The smallest absolute Gasteiger partial charge is 0.321 e. The Morgan fingerprint density at radius 3 is 2.23 bits per heavy atom. The minimum Gasteiger partial charge on any atom is -0.321 e. The van der Waals surface area contributed by atoms with Gasteiger partial charge < -0.3 is 10.6 Å². The Labute approximate surface area is 208 Å². The Kier molecular flexibility index (Phi) is 6.62. The van der Waals surface area contributed by atoms with Crippen LogP contribution in [0.5, 0.6) is 0 Å². The van der Waals surface area contributed by atoms with Crippen molar-refractivity contribution < 1.29 is 14.4 Å². The van der Waals surface area contributed by atoms with E-state index < -0.39 is 17.7 Å². The van der Waals surface area contributed by atoms with Crippen molar-refractivity contribution in [3.63, 3.8) is 0 Å². The van der Waals surface area contributed by atoms with E-state index in [4.69, 9.17) is 11.6 Å². The van der Waals surface area contributed by atoms with Crippen LogP contribution in [0.25, 0.3) is 10.9 Å². The predicted molar refractivity (Wildman–Crippen MR) is 140 cm³/mol. The third-order valence-electron chi connectivity index (χ3n) is 5.82. The molecule has 4 aromatic rings. The van der Waals surface area contributed by atoms with Crippen LogP contribution in [-0.4, -0.2) is 22.4 Å². The maximum absolute atomic E-state index is 13.2. The topological polar surface area (TPSA) is 92.2 Å². The summed E-state index contributed by atoms with van der Waals surface area (Å²) < 4.78 is 1.30. The molecule has 0 fully saturated rings. The molecule has 178 valence electrons. The lowest BCUT2D eigenvalue weighted by Gasteiger charge is -2.14. The van der Waals surface area contributed by atoms with Crippen molar-refractivity contribution in [2.24, 2.45) is 0 Å². The highest BCUT2D eigenvalue weighted by atomic mass is 35.5. The molecule has 1 heterocycles. The fourth-order valence-electron chi connectivity index (χ4n) is 3.69. The van der Waals surface area contributed by atoms with E-state index in [1.807, 2.05) is 52.0 Å². The van der Waals surface area contributed by atoms with E-state index in [1.54, 1.807) is 36.4 Å². The summed E-state index contributed by atoms with van der Waals surface area (Å²) in [4.78, 5) is 38.7. The van der Waals surface area contributed by atoms with Gasteiger partial charge in [0.05, 0.1) is 5.52 Å². The van der Waals surface area contributed by atoms with Gasteiger partial charge in [-0.3, -0.25) is 19.8 Å². The first-order chi connectivity index (χ1) is 16.6. The number of aromatic nitrogens is 1. The molecule has 0 spiro atoms. The highest BCUT2D eigenvalue weighted by Crippen LogP contribution is 2.24. The number of aryl methyl sites for hydroxylation is 4. The van der Waals surface area contributed by atoms with Gasteiger partial charge in [-0.15, -0.1) is 0 Å². The summed E-state index contributed by atoms with van der Waals surface area (Å²) >= 11 is 6.13. The number of nitrogens with zero attached hydrogens (tertiary/aromatic N) is 1. The molecule has 1 aromatic heterocycles. The average Bonchev–Trinajstić information content (AvgIpc) is 3.16. The Morgan fingerprint density at radius 2 is 1.49 bits per heavy atom. The van der Waals surface area contributed by atoms with Crippen LogP contribution in [0.2, 0.25) is 5.02 Å². The van der Waals surface area contributed by atoms with Gasteiger partial charge in [0.1, 0.15) is 5.69 Å². The van der Waals surface area contributed by atoms with Gasteiger partial charge in [-0.2, -0.15) is 0 Å². The minimum atomic E-state index is -0.918. The number of anilines is 2. The fraction of sp³-hybridized carbons (Fsp3) is 0.148. The van der Waals surface area contributed by atoms with Gasteiger partial charge in [-0.25, -0.2) is 4.68 Å². The van der Waals surface area contributed by atoms with E-state index in [0.29, 0.717) is 27.3 Å². The molecule has 0 saturated heterocycles. The van der Waals surface area contributed by atoms with Crippen molar-refractivity contribution in [1.82, 2.24) is 4.68 Å². The third-order valence-corrected chi connectivity index (χ3v) is 6.06. The van der Waals surface area contributed by atoms with Crippen LogP contribution >= 0.6 is 11.6 Å². The first-order valence-corrected chi connectivity index (χ1v) is 11.4. The summed E-state index contributed by atoms with van der Waals surface area (Å²) in [6, 6.07) is 17.8. The molecule has 7 nitrogen and oxygen atoms in total. The normalized spacial score (nSPS) is 10.8. The zero-order chi connectivity index (χ0) is 25.3. The first kappa shape index (κ1) is 24.0. The van der Waals surface area contributed by atoms with Crippen molar-refractivity contribution >= 4 is 51.6 Å². The van der Waals surface area contributed by atoms with Crippen LogP contribution in [0.15, 0.2) is 60.7 Å². The molecule has 8 heteroatoms. The van der Waals surface area contributed by atoms with E-state index >= 15 is 0 Å². The number of fused-ring (bicyclic) bond motifs is 1. The zero-order valence-electron chi connectivity index (χ0n) is 19.8. The van der Waals surface area contributed by atoms with Crippen molar-refractivity contribution in [1.29, 1.82) is 0 Å². The Morgan fingerprint density at radius 1 is 0.743 bits per heavy atom. The maximum atomic E-state index is 13.2. The highest BCUT2D eigenvalue weighted by molar-refractivity contribution is 6.42. The molecule has 0 bridgehead atoms. The standard InChI is InChI=1S/C27H25ClN4O3/c1-15-5-6-17(3)22(11-15)30-26(34)27(35)31-32-23-10-8-20(28)13-19(23)14-24(32)25(33)29-21-9-7-16(2)18(4)12-21/h5-14H,1-4H3,(H,29,33)(H,30,34)(H,31,35). The van der Waals surface area contributed by atoms with E-state index in [-0.39, 0.29) is 5.69 Å². The first-order valence-electron chi connectivity index (χ1n) is 11.0. The summed E-state index contributed by atoms with van der Waals surface area (Å²) in [6.07, 6.45) is 0. The summed E-state index contributed by atoms with van der Waals surface area (Å²) in [5.41, 5.74) is 8.30. The number of carbonyl (C=O) groups excluding carboxylic acids is 3. The minimum absolute atomic E-state index is 0.147. The third kappa shape index (κ3) is 5.20. The molecule has 0 unspecified atom stereocenters. The number of carbonyl (C=O) groups is 3. The molecule has 0 saturated carbocycles. The van der Waals surface area contributed by atoms with Crippen LogP contribution in [-0.2, 0) is 9.59 Å². The molecule has 0 aliphatic carbocycles. The van der Waals surface area contributed by atoms with E-state index in [0.717, 1.165) is 22.3 Å². The number of hydrogen-bond acceptors (Lipinski definition) is 3. The fourth-order valence-corrected chi connectivity index (χ4v) is 3.87. The SMILES string of the molecule is Cc1ccc(C)c(NC(=O)C(=O)Nn2c(C(=O)Nc3ccc(C)c(C)c3)cc3cc(Cl)ccc32)c1. The lowest BCUT2D eigenvalue weighted by Crippen LogP contribution is -2.36. The number of amides is 3. The summed E-state index contributed by atoms with van der Waals surface area (Å²) in [5, 5.41) is 6.61. The number of hydrogen-bond donors (Lipinski definition) is 3. The largest absolute Gasteiger partial charge is 0.328 e. The summed E-state index contributed by atoms with van der Waals surface area (Å²) in [6.45, 7) is 7.68. The predicted octanol–water partition coefficient (Wildman–Crippen LogP) is 5.49. The average molecular weight is 489 g/mol. The second-order valence-electron chi connectivity index (χ2n) is 8.53. The van der Waals surface area contributed by atoms with Gasteiger partial charge >= 0.3 is 11.8 Å². The second kappa shape index (κ2) is 9.64.